The number of anilines is 4. The Hall–Kier alpha value is -3.40. The predicted molar refractivity (Wildman–Crippen MR) is 147 cm³/mol. The van der Waals surface area contributed by atoms with Gasteiger partial charge in [-0.15, -0.1) is 0 Å². The van der Waals surface area contributed by atoms with Crippen molar-refractivity contribution in [2.24, 2.45) is 0 Å². The maximum absolute atomic E-state index is 13.8. The second kappa shape index (κ2) is 10.3. The third-order valence-corrected chi connectivity index (χ3v) is 8.20. The molecule has 1 unspecified atom stereocenters. The minimum Gasteiger partial charge on any atom is -0.374 e. The van der Waals surface area contributed by atoms with Crippen LogP contribution in [-0.2, 0) is 25.7 Å². The molecule has 206 valence electrons. The van der Waals surface area contributed by atoms with E-state index in [0.29, 0.717) is 31.3 Å². The Bertz CT molecular complexity index is 1350. The molecule has 0 radical (unpaired) electrons. The molecule has 0 saturated carbocycles. The highest BCUT2D eigenvalue weighted by Gasteiger charge is 2.37. The average molecular weight is 538 g/mol. The maximum atomic E-state index is 13.8. The molecular formula is C29H34F3N7. The number of fused-ring (bicyclic) bond motifs is 2. The van der Waals surface area contributed by atoms with E-state index in [4.69, 9.17) is 9.97 Å². The normalized spacial score (nSPS) is 19.7. The third-order valence-electron chi connectivity index (χ3n) is 8.20. The minimum absolute atomic E-state index is 0.0447. The fourth-order valence-corrected chi connectivity index (χ4v) is 6.02. The first kappa shape index (κ1) is 25.9. The van der Waals surface area contributed by atoms with Crippen LogP contribution in [0.2, 0.25) is 0 Å². The summed E-state index contributed by atoms with van der Waals surface area (Å²) in [7, 11) is 2.12. The number of hydrogen-bond acceptors (Lipinski definition) is 7. The number of likely N-dealkylation sites (tertiary alicyclic amines) is 1. The summed E-state index contributed by atoms with van der Waals surface area (Å²) in [6.07, 6.45) is 0.922. The second-order valence-corrected chi connectivity index (χ2v) is 11.0. The van der Waals surface area contributed by atoms with Gasteiger partial charge in [0.05, 0.1) is 24.3 Å². The summed E-state index contributed by atoms with van der Waals surface area (Å²) in [6, 6.07) is 8.90. The molecule has 0 aliphatic carbocycles. The Kier molecular flexibility index (Phi) is 6.82. The molecule has 2 aromatic heterocycles. The fourth-order valence-electron chi connectivity index (χ4n) is 6.02. The van der Waals surface area contributed by atoms with Gasteiger partial charge in [0.2, 0.25) is 0 Å². The first-order chi connectivity index (χ1) is 18.8. The van der Waals surface area contributed by atoms with E-state index in [-0.39, 0.29) is 12.4 Å². The lowest BCUT2D eigenvalue weighted by atomic mass is 9.91. The lowest BCUT2D eigenvalue weighted by Gasteiger charge is -2.33. The highest BCUT2D eigenvalue weighted by molar-refractivity contribution is 5.69. The lowest BCUT2D eigenvalue weighted by molar-refractivity contribution is -0.137. The summed E-state index contributed by atoms with van der Waals surface area (Å²) < 4.78 is 41.3. The van der Waals surface area contributed by atoms with Gasteiger partial charge >= 0.3 is 6.18 Å². The summed E-state index contributed by atoms with van der Waals surface area (Å²) in [5, 5.41) is 3.56. The highest BCUT2D eigenvalue weighted by atomic mass is 19.4. The number of nitrogens with one attached hydrogen (secondary N) is 1. The number of nitrogens with zero attached hydrogens (tertiary/aromatic N) is 6. The van der Waals surface area contributed by atoms with Crippen LogP contribution in [0.3, 0.4) is 0 Å². The van der Waals surface area contributed by atoms with Gasteiger partial charge in [-0.05, 0) is 74.5 Å². The minimum atomic E-state index is -4.47. The van der Waals surface area contributed by atoms with E-state index in [9.17, 15) is 13.2 Å². The van der Waals surface area contributed by atoms with Crippen molar-refractivity contribution in [3.63, 3.8) is 0 Å². The maximum Gasteiger partial charge on any atom is 0.419 e. The summed E-state index contributed by atoms with van der Waals surface area (Å²) in [4.78, 5) is 20.3. The molecule has 3 aliphatic rings. The first-order valence-corrected chi connectivity index (χ1v) is 13.8. The molecule has 1 saturated heterocycles. The molecule has 1 aromatic carbocycles. The topological polar surface area (TPSA) is 60.4 Å². The van der Waals surface area contributed by atoms with Crippen molar-refractivity contribution in [3.05, 3.63) is 64.7 Å². The Morgan fingerprint density at radius 2 is 1.87 bits per heavy atom. The monoisotopic (exact) mass is 537 g/mol. The number of hydrogen-bond donors (Lipinski definition) is 1. The van der Waals surface area contributed by atoms with Crippen molar-refractivity contribution in [1.82, 2.24) is 19.9 Å². The van der Waals surface area contributed by atoms with Crippen LogP contribution < -0.4 is 15.1 Å². The summed E-state index contributed by atoms with van der Waals surface area (Å²) in [5.74, 6) is 1.91. The van der Waals surface area contributed by atoms with Gasteiger partial charge in [-0.2, -0.15) is 13.2 Å². The SMILES string of the molecule is CC1CCN(C)c2cc(Nc3nc(CN4CCCC4)nc4c3CCN(c3ncccc3C(F)(F)F)C4)ccc21. The largest absolute Gasteiger partial charge is 0.419 e. The highest BCUT2D eigenvalue weighted by Crippen LogP contribution is 2.39. The Morgan fingerprint density at radius 3 is 2.67 bits per heavy atom. The molecule has 0 bridgehead atoms. The van der Waals surface area contributed by atoms with Gasteiger partial charge in [-0.25, -0.2) is 15.0 Å². The predicted octanol–water partition coefficient (Wildman–Crippen LogP) is 5.74. The number of halogens is 3. The van der Waals surface area contributed by atoms with Crippen molar-refractivity contribution in [2.75, 3.05) is 48.3 Å². The quantitative estimate of drug-likeness (QED) is 0.446. The summed E-state index contributed by atoms with van der Waals surface area (Å²) in [6.45, 7) is 6.59. The van der Waals surface area contributed by atoms with Crippen LogP contribution in [0, 0.1) is 0 Å². The molecule has 7 nitrogen and oxygen atoms in total. The van der Waals surface area contributed by atoms with Crippen LogP contribution >= 0.6 is 0 Å². The van der Waals surface area contributed by atoms with Crippen molar-refractivity contribution < 1.29 is 13.2 Å². The number of pyridine rings is 1. The molecule has 10 heteroatoms. The fraction of sp³-hybridized carbons (Fsp3) is 0.483. The van der Waals surface area contributed by atoms with Crippen molar-refractivity contribution in [2.45, 2.75) is 57.8 Å². The molecule has 39 heavy (non-hydrogen) atoms. The van der Waals surface area contributed by atoms with E-state index >= 15 is 0 Å². The van der Waals surface area contributed by atoms with Gasteiger partial charge in [0.15, 0.2) is 0 Å². The van der Waals surface area contributed by atoms with Gasteiger partial charge in [0.1, 0.15) is 17.5 Å². The van der Waals surface area contributed by atoms with Crippen LogP contribution in [-0.4, -0.2) is 53.1 Å². The Balaban J connectivity index is 1.35. The van der Waals surface area contributed by atoms with Crippen molar-refractivity contribution in [3.8, 4) is 0 Å². The van der Waals surface area contributed by atoms with Crippen LogP contribution in [0.5, 0.6) is 0 Å². The number of rotatable bonds is 5. The van der Waals surface area contributed by atoms with Crippen molar-refractivity contribution >= 4 is 23.0 Å². The molecular weight excluding hydrogens is 503 g/mol. The zero-order valence-corrected chi connectivity index (χ0v) is 22.4. The molecule has 0 spiro atoms. The summed E-state index contributed by atoms with van der Waals surface area (Å²) in [5.41, 5.74) is 4.52. The van der Waals surface area contributed by atoms with E-state index in [2.05, 4.69) is 52.3 Å². The molecule has 3 aromatic rings. The lowest BCUT2D eigenvalue weighted by Crippen LogP contribution is -2.34. The Labute approximate surface area is 227 Å². The van der Waals surface area contributed by atoms with Crippen LogP contribution in [0.15, 0.2) is 36.5 Å². The number of alkyl halides is 3. The van der Waals surface area contributed by atoms with E-state index in [1.54, 1.807) is 4.90 Å². The second-order valence-electron chi connectivity index (χ2n) is 11.0. The standard InChI is InChI=1S/C29H34F3N7/c1-19-9-14-37(2)25-16-20(7-8-21(19)25)34-27-22-10-15-39(28-23(29(30,31)32)6-5-11-33-28)17-24(22)35-26(36-27)18-38-12-3-4-13-38/h5-8,11,16,19H,3-4,9-10,12-15,17-18H2,1-2H3,(H,34,35,36). The molecule has 5 heterocycles. The summed E-state index contributed by atoms with van der Waals surface area (Å²) >= 11 is 0. The molecule has 6 rings (SSSR count). The number of aromatic nitrogens is 3. The zero-order valence-electron chi connectivity index (χ0n) is 22.4. The van der Waals surface area contributed by atoms with E-state index in [0.717, 1.165) is 67.7 Å². The first-order valence-electron chi connectivity index (χ1n) is 13.8. The van der Waals surface area contributed by atoms with Crippen LogP contribution in [0.25, 0.3) is 0 Å². The average Bonchev–Trinajstić information content (AvgIpc) is 3.43. The van der Waals surface area contributed by atoms with E-state index < -0.39 is 11.7 Å². The van der Waals surface area contributed by atoms with Gasteiger partial charge in [-0.1, -0.05) is 13.0 Å². The zero-order chi connectivity index (χ0) is 27.1. The van der Waals surface area contributed by atoms with Gasteiger partial charge in [-0.3, -0.25) is 4.90 Å². The third kappa shape index (κ3) is 5.26. The Morgan fingerprint density at radius 1 is 1.05 bits per heavy atom. The molecule has 3 aliphatic heterocycles. The van der Waals surface area contributed by atoms with E-state index in [1.165, 1.54) is 23.5 Å². The number of benzene rings is 1. The van der Waals surface area contributed by atoms with Crippen LogP contribution in [0.4, 0.5) is 36.2 Å². The van der Waals surface area contributed by atoms with Crippen molar-refractivity contribution in [1.29, 1.82) is 0 Å². The smallest absolute Gasteiger partial charge is 0.374 e. The van der Waals surface area contributed by atoms with E-state index in [1.807, 2.05) is 0 Å². The van der Waals surface area contributed by atoms with Gasteiger partial charge in [0.25, 0.3) is 0 Å². The molecule has 1 N–H and O–H groups in total. The molecule has 1 fully saturated rings. The van der Waals surface area contributed by atoms with Gasteiger partial charge < -0.3 is 15.1 Å². The molecule has 0 amide bonds. The molecule has 1 atom stereocenters. The van der Waals surface area contributed by atoms with Gasteiger partial charge in [0, 0.05) is 43.3 Å². The van der Waals surface area contributed by atoms with Crippen LogP contribution in [0.1, 0.15) is 60.3 Å².